The Morgan fingerprint density at radius 1 is 1.04 bits per heavy atom. The first kappa shape index (κ1) is 19.9. The number of rotatable bonds is 8. The second kappa shape index (κ2) is 10.6. The number of hydrogen-bond acceptors (Lipinski definition) is 6. The molecule has 0 aliphatic carbocycles. The van der Waals surface area contributed by atoms with Crippen LogP contribution in [-0.2, 0) is 30.5 Å². The predicted octanol–water partition coefficient (Wildman–Crippen LogP) is -0.293. The molecule has 0 spiro atoms. The van der Waals surface area contributed by atoms with Gasteiger partial charge < -0.3 is 25.4 Å². The molecule has 0 saturated carbocycles. The third kappa shape index (κ3) is 8.35. The van der Waals surface area contributed by atoms with Crippen molar-refractivity contribution in [2.75, 3.05) is 20.2 Å². The molecule has 25 heavy (non-hydrogen) atoms. The van der Waals surface area contributed by atoms with Crippen LogP contribution in [0.1, 0.15) is 12.5 Å². The smallest absolute Gasteiger partial charge is 0.408 e. The lowest BCUT2D eigenvalue weighted by atomic mass is 10.2. The fourth-order valence-corrected chi connectivity index (χ4v) is 1.63. The van der Waals surface area contributed by atoms with Gasteiger partial charge in [0.2, 0.25) is 11.8 Å². The van der Waals surface area contributed by atoms with E-state index in [0.717, 1.165) is 5.56 Å². The third-order valence-corrected chi connectivity index (χ3v) is 3.02. The van der Waals surface area contributed by atoms with Crippen LogP contribution in [0.25, 0.3) is 0 Å². The van der Waals surface area contributed by atoms with E-state index < -0.39 is 29.9 Å². The minimum Gasteiger partial charge on any atom is -0.468 e. The second-order valence-electron chi connectivity index (χ2n) is 5.00. The number of alkyl carbamates (subject to hydrolysis) is 1. The topological polar surface area (TPSA) is 123 Å². The minimum atomic E-state index is -0.892. The molecule has 9 heteroatoms. The van der Waals surface area contributed by atoms with Gasteiger partial charge in [0.15, 0.2) is 0 Å². The van der Waals surface area contributed by atoms with Crippen LogP contribution < -0.4 is 16.0 Å². The Morgan fingerprint density at radius 2 is 1.72 bits per heavy atom. The van der Waals surface area contributed by atoms with Gasteiger partial charge in [-0.05, 0) is 12.5 Å². The lowest BCUT2D eigenvalue weighted by Crippen LogP contribution is -2.48. The maximum absolute atomic E-state index is 11.8. The molecule has 1 aromatic carbocycles. The van der Waals surface area contributed by atoms with Crippen LogP contribution in [0.4, 0.5) is 4.79 Å². The molecule has 0 radical (unpaired) electrons. The number of benzene rings is 1. The Hall–Kier alpha value is -3.10. The standard InChI is InChI=1S/C16H21N3O6/c1-11(15(22)18-8-13(20)17-9-14(21)24-2)19-16(23)25-10-12-6-4-3-5-7-12/h3-7,11H,8-10H2,1-2H3,(H,17,20)(H,18,22)(H,19,23). The van der Waals surface area contributed by atoms with Crippen molar-refractivity contribution in [3.05, 3.63) is 35.9 Å². The van der Waals surface area contributed by atoms with Gasteiger partial charge in [-0.3, -0.25) is 14.4 Å². The highest BCUT2D eigenvalue weighted by Crippen LogP contribution is 2.00. The SMILES string of the molecule is COC(=O)CNC(=O)CNC(=O)C(C)NC(=O)OCc1ccccc1. The molecule has 0 aliphatic heterocycles. The number of carbonyl (C=O) groups excluding carboxylic acids is 4. The van der Waals surface area contributed by atoms with Crippen LogP contribution in [0, 0.1) is 0 Å². The van der Waals surface area contributed by atoms with Gasteiger partial charge in [-0.1, -0.05) is 30.3 Å². The van der Waals surface area contributed by atoms with Gasteiger partial charge in [-0.25, -0.2) is 4.79 Å². The number of nitrogens with one attached hydrogen (secondary N) is 3. The normalized spacial score (nSPS) is 11.0. The largest absolute Gasteiger partial charge is 0.468 e. The highest BCUT2D eigenvalue weighted by Gasteiger charge is 2.17. The summed E-state index contributed by atoms with van der Waals surface area (Å²) in [5, 5.41) is 6.95. The predicted molar refractivity (Wildman–Crippen MR) is 87.3 cm³/mol. The van der Waals surface area contributed by atoms with Crippen LogP contribution >= 0.6 is 0 Å². The Bertz CT molecular complexity index is 605. The van der Waals surface area contributed by atoms with E-state index in [9.17, 15) is 19.2 Å². The molecule has 1 atom stereocenters. The molecule has 0 aromatic heterocycles. The number of ether oxygens (including phenoxy) is 2. The Balaban J connectivity index is 2.25. The van der Waals surface area contributed by atoms with Gasteiger partial charge >= 0.3 is 12.1 Å². The molecule has 0 saturated heterocycles. The molecular formula is C16H21N3O6. The quantitative estimate of drug-likeness (QED) is 0.553. The van der Waals surface area contributed by atoms with Gasteiger partial charge in [0.25, 0.3) is 0 Å². The Kier molecular flexibility index (Phi) is 8.48. The summed E-state index contributed by atoms with van der Waals surface area (Å²) in [6, 6.07) is 8.19. The summed E-state index contributed by atoms with van der Waals surface area (Å²) in [5.74, 6) is -1.72. The van der Waals surface area contributed by atoms with Crippen molar-refractivity contribution in [1.82, 2.24) is 16.0 Å². The first-order valence-corrected chi connectivity index (χ1v) is 7.50. The van der Waals surface area contributed by atoms with E-state index in [1.807, 2.05) is 18.2 Å². The highest BCUT2D eigenvalue weighted by atomic mass is 16.5. The van der Waals surface area contributed by atoms with E-state index in [2.05, 4.69) is 20.7 Å². The van der Waals surface area contributed by atoms with Gasteiger partial charge in [0, 0.05) is 0 Å². The van der Waals surface area contributed by atoms with Crippen LogP contribution in [0.5, 0.6) is 0 Å². The second-order valence-corrected chi connectivity index (χ2v) is 5.00. The van der Waals surface area contributed by atoms with E-state index in [-0.39, 0.29) is 19.7 Å². The molecule has 3 N–H and O–H groups in total. The van der Waals surface area contributed by atoms with E-state index in [0.29, 0.717) is 0 Å². The number of carbonyl (C=O) groups is 4. The maximum atomic E-state index is 11.8. The fourth-order valence-electron chi connectivity index (χ4n) is 1.63. The minimum absolute atomic E-state index is 0.0803. The van der Waals surface area contributed by atoms with Crippen molar-refractivity contribution in [1.29, 1.82) is 0 Å². The molecule has 0 fully saturated rings. The zero-order chi connectivity index (χ0) is 18.7. The first-order valence-electron chi connectivity index (χ1n) is 7.50. The first-order chi connectivity index (χ1) is 11.9. The van der Waals surface area contributed by atoms with E-state index in [1.165, 1.54) is 14.0 Å². The molecule has 1 unspecified atom stereocenters. The molecule has 9 nitrogen and oxygen atoms in total. The van der Waals surface area contributed by atoms with Gasteiger partial charge in [0.1, 0.15) is 19.2 Å². The number of amides is 3. The van der Waals surface area contributed by atoms with E-state index in [4.69, 9.17) is 4.74 Å². The molecular weight excluding hydrogens is 330 g/mol. The van der Waals surface area contributed by atoms with E-state index >= 15 is 0 Å². The highest BCUT2D eigenvalue weighted by molar-refractivity contribution is 5.90. The maximum Gasteiger partial charge on any atom is 0.408 e. The summed E-state index contributed by atoms with van der Waals surface area (Å²) < 4.78 is 9.35. The van der Waals surface area contributed by atoms with Crippen molar-refractivity contribution in [3.63, 3.8) is 0 Å². The Labute approximate surface area is 145 Å². The summed E-state index contributed by atoms with van der Waals surface area (Å²) in [6.07, 6.45) is -0.748. The summed E-state index contributed by atoms with van der Waals surface area (Å²) in [5.41, 5.74) is 0.817. The molecule has 0 heterocycles. The molecule has 3 amide bonds. The van der Waals surface area contributed by atoms with Crippen LogP contribution in [-0.4, -0.2) is 50.1 Å². The molecule has 1 rings (SSSR count). The van der Waals surface area contributed by atoms with Crippen LogP contribution in [0.15, 0.2) is 30.3 Å². The summed E-state index contributed by atoms with van der Waals surface area (Å²) in [7, 11) is 1.19. The average Bonchev–Trinajstić information content (AvgIpc) is 2.63. The fraction of sp³-hybridized carbons (Fsp3) is 0.375. The molecule has 1 aromatic rings. The van der Waals surface area contributed by atoms with E-state index in [1.54, 1.807) is 12.1 Å². The van der Waals surface area contributed by atoms with Crippen molar-refractivity contribution in [2.45, 2.75) is 19.6 Å². The lowest BCUT2D eigenvalue weighted by molar-refractivity contribution is -0.141. The third-order valence-electron chi connectivity index (χ3n) is 3.02. The molecule has 0 bridgehead atoms. The van der Waals surface area contributed by atoms with Crippen LogP contribution in [0.2, 0.25) is 0 Å². The monoisotopic (exact) mass is 351 g/mol. The van der Waals surface area contributed by atoms with Crippen molar-refractivity contribution < 1.29 is 28.7 Å². The lowest BCUT2D eigenvalue weighted by Gasteiger charge is -2.14. The van der Waals surface area contributed by atoms with Gasteiger partial charge in [0.05, 0.1) is 13.7 Å². The summed E-state index contributed by atoms with van der Waals surface area (Å²) in [4.78, 5) is 45.7. The van der Waals surface area contributed by atoms with Crippen molar-refractivity contribution in [3.8, 4) is 0 Å². The zero-order valence-corrected chi connectivity index (χ0v) is 14.0. The number of methoxy groups -OCH3 is 1. The van der Waals surface area contributed by atoms with Crippen LogP contribution in [0.3, 0.4) is 0 Å². The summed E-state index contributed by atoms with van der Waals surface area (Å²) in [6.45, 7) is 0.911. The number of esters is 1. The molecule has 0 aliphatic rings. The Morgan fingerprint density at radius 3 is 2.36 bits per heavy atom. The van der Waals surface area contributed by atoms with Gasteiger partial charge in [-0.2, -0.15) is 0 Å². The average molecular weight is 351 g/mol. The summed E-state index contributed by atoms with van der Waals surface area (Å²) >= 11 is 0. The molecule has 136 valence electrons. The number of hydrogen-bond donors (Lipinski definition) is 3. The van der Waals surface area contributed by atoms with Crippen molar-refractivity contribution in [2.24, 2.45) is 0 Å². The zero-order valence-electron chi connectivity index (χ0n) is 14.0. The van der Waals surface area contributed by atoms with Crippen molar-refractivity contribution >= 4 is 23.9 Å². The van der Waals surface area contributed by atoms with Gasteiger partial charge in [-0.15, -0.1) is 0 Å².